The van der Waals surface area contributed by atoms with Crippen LogP contribution in [0.3, 0.4) is 0 Å². The van der Waals surface area contributed by atoms with Crippen molar-refractivity contribution in [3.63, 3.8) is 0 Å². The smallest absolute Gasteiger partial charge is 0.263 e. The van der Waals surface area contributed by atoms with Crippen LogP contribution in [0.4, 0.5) is 5.13 Å². The van der Waals surface area contributed by atoms with Crippen molar-refractivity contribution in [2.24, 2.45) is 0 Å². The predicted molar refractivity (Wildman–Crippen MR) is 145 cm³/mol. The molecule has 2 saturated heterocycles. The third-order valence-electron chi connectivity index (χ3n) is 7.69. The zero-order chi connectivity index (χ0) is 25.7. The van der Waals surface area contributed by atoms with Crippen LogP contribution in [0, 0.1) is 0 Å². The fraction of sp³-hybridized carbons (Fsp3) is 0.519. The Balaban J connectivity index is 1.25. The van der Waals surface area contributed by atoms with Gasteiger partial charge in [0.2, 0.25) is 0 Å². The summed E-state index contributed by atoms with van der Waals surface area (Å²) >= 11 is 1.48. The van der Waals surface area contributed by atoms with Crippen LogP contribution in [0.2, 0.25) is 0 Å². The van der Waals surface area contributed by atoms with Gasteiger partial charge in [-0.1, -0.05) is 11.3 Å². The quantitative estimate of drug-likeness (QED) is 0.547. The van der Waals surface area contributed by atoms with Gasteiger partial charge in [0.05, 0.1) is 24.9 Å². The fourth-order valence-corrected chi connectivity index (χ4v) is 6.66. The topological polar surface area (TPSA) is 93.8 Å². The molecular formula is C27H34N6O3S. The number of likely N-dealkylation sites (N-methyl/N-ethyl adjacent to an activating group) is 1. The molecule has 3 aliphatic heterocycles. The first-order chi connectivity index (χ1) is 17.8. The van der Waals surface area contributed by atoms with Gasteiger partial charge in [0, 0.05) is 67.3 Å². The molecule has 2 fully saturated rings. The number of nitrogens with one attached hydrogen (secondary N) is 2. The summed E-state index contributed by atoms with van der Waals surface area (Å²) in [6, 6.07) is 6.05. The number of nitrogens with zero attached hydrogens (tertiary/aromatic N) is 4. The maximum absolute atomic E-state index is 13.2. The molecule has 9 nitrogen and oxygen atoms in total. The molecule has 3 aliphatic rings. The number of aromatic nitrogens is 2. The number of aromatic amines is 1. The zero-order valence-corrected chi connectivity index (χ0v) is 22.5. The Kier molecular flexibility index (Phi) is 6.21. The van der Waals surface area contributed by atoms with Gasteiger partial charge in [-0.05, 0) is 51.1 Å². The van der Waals surface area contributed by atoms with Crippen molar-refractivity contribution in [2.45, 2.75) is 38.3 Å². The predicted octanol–water partition coefficient (Wildman–Crippen LogP) is 2.52. The van der Waals surface area contributed by atoms with Crippen LogP contribution in [0.15, 0.2) is 24.4 Å². The van der Waals surface area contributed by atoms with Crippen LogP contribution < -0.4 is 10.2 Å². The van der Waals surface area contributed by atoms with Crippen molar-refractivity contribution in [3.05, 3.63) is 46.1 Å². The number of hydrogen-bond donors (Lipinski definition) is 2. The average Bonchev–Trinajstić information content (AvgIpc) is 3.48. The monoisotopic (exact) mass is 522 g/mol. The zero-order valence-electron chi connectivity index (χ0n) is 21.7. The molecule has 0 spiro atoms. The largest absolute Gasteiger partial charge is 0.377 e. The van der Waals surface area contributed by atoms with Crippen molar-refractivity contribution in [1.82, 2.24) is 25.1 Å². The molecule has 0 saturated carbocycles. The minimum absolute atomic E-state index is 0.0333. The molecule has 0 radical (unpaired) electrons. The first-order valence-corrected chi connectivity index (χ1v) is 13.8. The highest BCUT2D eigenvalue weighted by Gasteiger charge is 2.35. The Labute approximate surface area is 220 Å². The molecule has 196 valence electrons. The van der Waals surface area contributed by atoms with Gasteiger partial charge in [0.15, 0.2) is 5.13 Å². The highest BCUT2D eigenvalue weighted by Crippen LogP contribution is 2.34. The van der Waals surface area contributed by atoms with Crippen LogP contribution in [0.25, 0.3) is 10.9 Å². The Morgan fingerprint density at radius 2 is 2.03 bits per heavy atom. The highest BCUT2D eigenvalue weighted by molar-refractivity contribution is 7.17. The van der Waals surface area contributed by atoms with Crippen LogP contribution >= 0.6 is 11.3 Å². The lowest BCUT2D eigenvalue weighted by Crippen LogP contribution is -2.48. The molecule has 5 heterocycles. The third kappa shape index (κ3) is 4.73. The molecule has 1 aromatic carbocycles. The number of morpholine rings is 1. The van der Waals surface area contributed by atoms with E-state index in [0.717, 1.165) is 83.3 Å². The number of benzene rings is 1. The molecule has 1 atom stereocenters. The molecule has 0 bridgehead atoms. The van der Waals surface area contributed by atoms with Gasteiger partial charge in [0.25, 0.3) is 11.8 Å². The lowest BCUT2D eigenvalue weighted by Gasteiger charge is -2.35. The molecule has 2 N–H and O–H groups in total. The number of ether oxygens (including phenoxy) is 1. The van der Waals surface area contributed by atoms with Gasteiger partial charge in [-0.3, -0.25) is 9.59 Å². The minimum Gasteiger partial charge on any atom is -0.377 e. The summed E-state index contributed by atoms with van der Waals surface area (Å²) in [5.41, 5.74) is 3.51. The maximum atomic E-state index is 13.2. The van der Waals surface area contributed by atoms with E-state index < -0.39 is 0 Å². The number of hydrogen-bond acceptors (Lipinski definition) is 7. The van der Waals surface area contributed by atoms with Crippen molar-refractivity contribution < 1.29 is 14.3 Å². The summed E-state index contributed by atoms with van der Waals surface area (Å²) in [7, 11) is 2.09. The minimum atomic E-state index is -0.289. The molecule has 3 aromatic rings. The van der Waals surface area contributed by atoms with E-state index in [0.29, 0.717) is 13.2 Å². The average molecular weight is 523 g/mol. The Morgan fingerprint density at radius 3 is 2.84 bits per heavy atom. The number of anilines is 1. The van der Waals surface area contributed by atoms with E-state index in [2.05, 4.69) is 27.1 Å². The van der Waals surface area contributed by atoms with Gasteiger partial charge >= 0.3 is 0 Å². The third-order valence-corrected chi connectivity index (χ3v) is 8.82. The number of carbonyl (C=O) groups excluding carboxylic acids is 2. The van der Waals surface area contributed by atoms with E-state index >= 15 is 0 Å². The van der Waals surface area contributed by atoms with Crippen LogP contribution in [0.5, 0.6) is 0 Å². The summed E-state index contributed by atoms with van der Waals surface area (Å²) in [6.45, 7) is 9.35. The summed E-state index contributed by atoms with van der Waals surface area (Å²) < 4.78 is 5.88. The van der Waals surface area contributed by atoms with Crippen molar-refractivity contribution in [1.29, 1.82) is 0 Å². The van der Waals surface area contributed by atoms with Crippen LogP contribution in [0.1, 0.15) is 45.1 Å². The Bertz CT molecular complexity index is 1340. The lowest BCUT2D eigenvalue weighted by atomic mass is 9.94. The first-order valence-electron chi connectivity index (χ1n) is 13.0. The van der Waals surface area contributed by atoms with E-state index in [-0.39, 0.29) is 23.4 Å². The molecule has 0 aliphatic carbocycles. The normalized spacial score (nSPS) is 22.2. The maximum Gasteiger partial charge on any atom is 0.263 e. The Hall–Kier alpha value is -2.95. The van der Waals surface area contributed by atoms with E-state index in [1.807, 2.05) is 43.1 Å². The molecule has 2 aromatic heterocycles. The van der Waals surface area contributed by atoms with Crippen LogP contribution in [-0.2, 0) is 17.6 Å². The SMILES string of the molecule is CN1CCN(C(=O)c2ccc3[nH]cc(CC4COCCN4c4nc5c(s4)C(=O)NC(C)(C)C5)c3c2)CC1. The number of amides is 2. The fourth-order valence-electron chi connectivity index (χ4n) is 5.59. The highest BCUT2D eigenvalue weighted by atomic mass is 32.1. The van der Waals surface area contributed by atoms with E-state index in [1.165, 1.54) is 11.3 Å². The summed E-state index contributed by atoms with van der Waals surface area (Å²) in [6.07, 6.45) is 3.53. The van der Waals surface area contributed by atoms with Crippen molar-refractivity contribution in [2.75, 3.05) is 57.9 Å². The molecular weight excluding hydrogens is 488 g/mol. The number of fused-ring (bicyclic) bond motifs is 2. The number of H-pyrrole nitrogens is 1. The number of carbonyl (C=O) groups is 2. The van der Waals surface area contributed by atoms with Gasteiger partial charge in [-0.25, -0.2) is 4.98 Å². The van der Waals surface area contributed by atoms with Crippen molar-refractivity contribution >= 4 is 39.2 Å². The first kappa shape index (κ1) is 24.4. The number of piperazine rings is 1. The van der Waals surface area contributed by atoms with Gasteiger partial charge in [-0.2, -0.15) is 0 Å². The summed E-state index contributed by atoms with van der Waals surface area (Å²) in [5.74, 6) is 0.0633. The Morgan fingerprint density at radius 1 is 1.22 bits per heavy atom. The van der Waals surface area contributed by atoms with Gasteiger partial charge in [-0.15, -0.1) is 0 Å². The second-order valence-electron chi connectivity index (χ2n) is 11.1. The number of thiazole rings is 1. The molecule has 1 unspecified atom stereocenters. The molecule has 6 rings (SSSR count). The van der Waals surface area contributed by atoms with E-state index in [4.69, 9.17) is 9.72 Å². The van der Waals surface area contributed by atoms with E-state index in [9.17, 15) is 9.59 Å². The molecule has 37 heavy (non-hydrogen) atoms. The summed E-state index contributed by atoms with van der Waals surface area (Å²) in [5, 5.41) is 5.05. The van der Waals surface area contributed by atoms with Crippen LogP contribution in [-0.4, -0.2) is 96.1 Å². The molecule has 2 amide bonds. The lowest BCUT2D eigenvalue weighted by molar-refractivity contribution is 0.0664. The molecule has 10 heteroatoms. The van der Waals surface area contributed by atoms with Gasteiger partial charge < -0.3 is 29.7 Å². The van der Waals surface area contributed by atoms with Gasteiger partial charge in [0.1, 0.15) is 4.88 Å². The second-order valence-corrected chi connectivity index (χ2v) is 12.1. The standard InChI is InChI=1S/C27H34N6O3S/c1-27(2)14-22-23(24(34)30-27)37-26(29-22)33-10-11-36-16-19(33)12-18-15-28-21-5-4-17(13-20(18)21)25(35)32-8-6-31(3)7-9-32/h4-5,13,15,19,28H,6-12,14,16H2,1-3H3,(H,30,34). The van der Waals surface area contributed by atoms with E-state index in [1.54, 1.807) is 0 Å². The van der Waals surface area contributed by atoms with Crippen molar-refractivity contribution in [3.8, 4) is 0 Å². The second kappa shape index (κ2) is 9.41. The number of rotatable bonds is 4. The summed E-state index contributed by atoms with van der Waals surface area (Å²) in [4.78, 5) is 41.4.